The van der Waals surface area contributed by atoms with Crippen LogP contribution >= 0.6 is 0 Å². The second kappa shape index (κ2) is 6.48. The Balaban J connectivity index is 1.64. The van der Waals surface area contributed by atoms with Crippen molar-refractivity contribution in [1.82, 2.24) is 0 Å². The van der Waals surface area contributed by atoms with E-state index in [0.29, 0.717) is 17.9 Å². The van der Waals surface area contributed by atoms with Crippen LogP contribution in [0.3, 0.4) is 0 Å². The van der Waals surface area contributed by atoms with Crippen molar-refractivity contribution in [2.45, 2.75) is 38.8 Å². The van der Waals surface area contributed by atoms with E-state index in [4.69, 9.17) is 4.74 Å². The molecule has 2 aromatic rings. The van der Waals surface area contributed by atoms with Crippen LogP contribution in [0.4, 0.5) is 11.4 Å². The number of anilines is 2. The molecule has 0 spiro atoms. The van der Waals surface area contributed by atoms with Gasteiger partial charge in [-0.05, 0) is 43.5 Å². The standard InChI is InChI=1S/C21H22N2O3/c1-3-18-21(25)22(17-10-6-7-11-19(17)26-18)13-20(24)23-14(2)12-15-8-4-5-9-16(15)23/h4-11,14,18H,3,12-13H2,1-2H3. The number of hydrogen-bond donors (Lipinski definition) is 0. The molecule has 2 atom stereocenters. The first-order valence-corrected chi connectivity index (χ1v) is 9.07. The molecule has 2 heterocycles. The van der Waals surface area contributed by atoms with Crippen LogP contribution in [0, 0.1) is 0 Å². The van der Waals surface area contributed by atoms with Crippen molar-refractivity contribution in [1.29, 1.82) is 0 Å². The zero-order chi connectivity index (χ0) is 18.3. The van der Waals surface area contributed by atoms with Gasteiger partial charge in [0.05, 0.1) is 5.69 Å². The van der Waals surface area contributed by atoms with Crippen LogP contribution in [0.1, 0.15) is 25.8 Å². The average molecular weight is 350 g/mol. The Morgan fingerprint density at radius 1 is 1.12 bits per heavy atom. The van der Waals surface area contributed by atoms with E-state index < -0.39 is 6.10 Å². The van der Waals surface area contributed by atoms with Crippen LogP contribution in [-0.2, 0) is 16.0 Å². The minimum absolute atomic E-state index is 0.0222. The summed E-state index contributed by atoms with van der Waals surface area (Å²) in [5.74, 6) is 0.434. The van der Waals surface area contributed by atoms with Gasteiger partial charge in [0.1, 0.15) is 12.3 Å². The molecule has 26 heavy (non-hydrogen) atoms. The summed E-state index contributed by atoms with van der Waals surface area (Å²) in [6, 6.07) is 15.5. The molecular weight excluding hydrogens is 328 g/mol. The van der Waals surface area contributed by atoms with E-state index in [1.54, 1.807) is 4.90 Å². The summed E-state index contributed by atoms with van der Waals surface area (Å²) in [5, 5.41) is 0. The van der Waals surface area contributed by atoms with Gasteiger partial charge in [-0.2, -0.15) is 0 Å². The molecule has 0 saturated carbocycles. The van der Waals surface area contributed by atoms with Crippen LogP contribution < -0.4 is 14.5 Å². The van der Waals surface area contributed by atoms with Crippen molar-refractivity contribution in [2.75, 3.05) is 16.3 Å². The summed E-state index contributed by atoms with van der Waals surface area (Å²) in [6.45, 7) is 3.98. The fraction of sp³-hybridized carbons (Fsp3) is 0.333. The summed E-state index contributed by atoms with van der Waals surface area (Å²) in [6.07, 6.45) is 0.870. The third kappa shape index (κ3) is 2.64. The van der Waals surface area contributed by atoms with Gasteiger partial charge in [-0.25, -0.2) is 0 Å². The minimum atomic E-state index is -0.541. The van der Waals surface area contributed by atoms with E-state index in [9.17, 15) is 9.59 Å². The molecule has 2 amide bonds. The summed E-state index contributed by atoms with van der Waals surface area (Å²) in [7, 11) is 0. The molecule has 5 heteroatoms. The molecule has 134 valence electrons. The first kappa shape index (κ1) is 16.6. The Labute approximate surface area is 153 Å². The lowest BCUT2D eigenvalue weighted by molar-refractivity contribution is -0.128. The van der Waals surface area contributed by atoms with Crippen LogP contribution in [0.2, 0.25) is 0 Å². The quantitative estimate of drug-likeness (QED) is 0.854. The van der Waals surface area contributed by atoms with Gasteiger partial charge in [-0.3, -0.25) is 14.5 Å². The minimum Gasteiger partial charge on any atom is -0.478 e. The molecule has 0 saturated heterocycles. The zero-order valence-electron chi connectivity index (χ0n) is 15.0. The molecule has 0 N–H and O–H groups in total. The number of hydrogen-bond acceptors (Lipinski definition) is 3. The molecule has 2 aromatic carbocycles. The van der Waals surface area contributed by atoms with Gasteiger partial charge in [0.15, 0.2) is 6.10 Å². The smallest absolute Gasteiger partial charge is 0.268 e. The van der Waals surface area contributed by atoms with Crippen molar-refractivity contribution in [3.63, 3.8) is 0 Å². The van der Waals surface area contributed by atoms with Crippen molar-refractivity contribution >= 4 is 23.2 Å². The molecule has 0 radical (unpaired) electrons. The summed E-state index contributed by atoms with van der Waals surface area (Å²) in [4.78, 5) is 29.3. The van der Waals surface area contributed by atoms with Crippen molar-refractivity contribution < 1.29 is 14.3 Å². The van der Waals surface area contributed by atoms with E-state index in [2.05, 4.69) is 6.07 Å². The second-order valence-electron chi connectivity index (χ2n) is 6.85. The number of amides is 2. The van der Waals surface area contributed by atoms with E-state index >= 15 is 0 Å². The molecule has 2 unspecified atom stereocenters. The van der Waals surface area contributed by atoms with Crippen LogP contribution in [0.25, 0.3) is 0 Å². The Hall–Kier alpha value is -2.82. The number of fused-ring (bicyclic) bond motifs is 2. The first-order chi connectivity index (χ1) is 12.6. The van der Waals surface area contributed by atoms with Crippen molar-refractivity contribution in [3.8, 4) is 5.75 Å². The lowest BCUT2D eigenvalue weighted by Gasteiger charge is -2.35. The van der Waals surface area contributed by atoms with Crippen LogP contribution in [0.15, 0.2) is 48.5 Å². The molecule has 4 rings (SSSR count). The molecule has 0 aliphatic carbocycles. The Bertz CT molecular complexity index is 864. The highest BCUT2D eigenvalue weighted by molar-refractivity contribution is 6.07. The van der Waals surface area contributed by atoms with Gasteiger partial charge < -0.3 is 9.64 Å². The Kier molecular flexibility index (Phi) is 4.15. The van der Waals surface area contributed by atoms with Crippen LogP contribution in [0.5, 0.6) is 5.75 Å². The predicted octanol–water partition coefficient (Wildman–Crippen LogP) is 3.17. The molecular formula is C21H22N2O3. The fourth-order valence-electron chi connectivity index (χ4n) is 3.85. The molecule has 2 aliphatic rings. The largest absolute Gasteiger partial charge is 0.478 e. The van der Waals surface area contributed by atoms with Gasteiger partial charge in [-0.15, -0.1) is 0 Å². The summed E-state index contributed by atoms with van der Waals surface area (Å²) < 4.78 is 5.79. The highest BCUT2D eigenvalue weighted by Crippen LogP contribution is 2.36. The lowest BCUT2D eigenvalue weighted by Crippen LogP contribution is -2.51. The number of ether oxygens (including phenoxy) is 1. The van der Waals surface area contributed by atoms with Gasteiger partial charge in [0.2, 0.25) is 5.91 Å². The fourth-order valence-corrected chi connectivity index (χ4v) is 3.85. The van der Waals surface area contributed by atoms with Gasteiger partial charge in [0.25, 0.3) is 5.91 Å². The average Bonchev–Trinajstić information content (AvgIpc) is 2.99. The topological polar surface area (TPSA) is 49.9 Å². The molecule has 5 nitrogen and oxygen atoms in total. The normalized spacial score (nSPS) is 21.2. The summed E-state index contributed by atoms with van der Waals surface area (Å²) in [5.41, 5.74) is 2.79. The van der Waals surface area contributed by atoms with E-state index in [-0.39, 0.29) is 24.4 Å². The molecule has 0 bridgehead atoms. The number of nitrogens with zero attached hydrogens (tertiary/aromatic N) is 2. The number of para-hydroxylation sites is 3. The highest BCUT2D eigenvalue weighted by Gasteiger charge is 2.37. The van der Waals surface area contributed by atoms with E-state index in [1.807, 2.05) is 61.2 Å². The lowest BCUT2D eigenvalue weighted by atomic mass is 10.1. The van der Waals surface area contributed by atoms with Crippen LogP contribution in [-0.4, -0.2) is 30.5 Å². The predicted molar refractivity (Wildman–Crippen MR) is 101 cm³/mol. The number of rotatable bonds is 3. The molecule has 0 fully saturated rings. The third-order valence-corrected chi connectivity index (χ3v) is 5.11. The molecule has 0 aromatic heterocycles. The molecule has 2 aliphatic heterocycles. The van der Waals surface area contributed by atoms with Gasteiger partial charge >= 0.3 is 0 Å². The van der Waals surface area contributed by atoms with E-state index in [0.717, 1.165) is 12.1 Å². The number of benzene rings is 2. The van der Waals surface area contributed by atoms with Crippen molar-refractivity contribution in [2.24, 2.45) is 0 Å². The first-order valence-electron chi connectivity index (χ1n) is 9.07. The summed E-state index contributed by atoms with van der Waals surface area (Å²) >= 11 is 0. The van der Waals surface area contributed by atoms with Gasteiger partial charge in [0, 0.05) is 11.7 Å². The van der Waals surface area contributed by atoms with Gasteiger partial charge in [-0.1, -0.05) is 37.3 Å². The third-order valence-electron chi connectivity index (χ3n) is 5.11. The zero-order valence-corrected chi connectivity index (χ0v) is 15.0. The second-order valence-corrected chi connectivity index (χ2v) is 6.85. The Morgan fingerprint density at radius 2 is 1.81 bits per heavy atom. The Morgan fingerprint density at radius 3 is 2.58 bits per heavy atom. The van der Waals surface area contributed by atoms with E-state index in [1.165, 1.54) is 5.56 Å². The monoisotopic (exact) mass is 350 g/mol. The highest BCUT2D eigenvalue weighted by atomic mass is 16.5. The maximum atomic E-state index is 13.1. The number of carbonyl (C=O) groups is 2. The number of carbonyl (C=O) groups excluding carboxylic acids is 2. The maximum absolute atomic E-state index is 13.1. The van der Waals surface area contributed by atoms with Crippen molar-refractivity contribution in [3.05, 3.63) is 54.1 Å². The SMILES string of the molecule is CCC1Oc2ccccc2N(CC(=O)N2c3ccccc3CC2C)C1=O. The maximum Gasteiger partial charge on any atom is 0.268 e.